The third kappa shape index (κ3) is 5.67. The molecule has 0 aliphatic heterocycles. The van der Waals surface area contributed by atoms with Gasteiger partial charge in [-0.05, 0) is 25.0 Å². The van der Waals surface area contributed by atoms with Gasteiger partial charge >= 0.3 is 19.5 Å². The molecule has 0 amide bonds. The Labute approximate surface area is 166 Å². The Morgan fingerprint density at radius 1 is 0.760 bits per heavy atom. The molecule has 0 unspecified atom stereocenters. The average Bonchev–Trinajstić information content (AvgIpc) is 2.77. The Morgan fingerprint density at radius 3 is 1.48 bits per heavy atom. The van der Waals surface area contributed by atoms with Crippen molar-refractivity contribution in [2.75, 3.05) is 0 Å². The van der Waals surface area contributed by atoms with Crippen molar-refractivity contribution in [2.24, 2.45) is 0 Å². The molecule has 0 saturated heterocycles. The smallest absolute Gasteiger partial charge is 0.196 e. The van der Waals surface area contributed by atoms with Gasteiger partial charge in [0.05, 0.1) is 0 Å². The van der Waals surface area contributed by atoms with E-state index in [-0.39, 0.29) is 19.5 Å². The first-order valence-electron chi connectivity index (χ1n) is 8.78. The fourth-order valence-corrected chi connectivity index (χ4v) is 2.85. The van der Waals surface area contributed by atoms with E-state index >= 15 is 0 Å². The van der Waals surface area contributed by atoms with Crippen molar-refractivity contribution in [3.8, 4) is 23.7 Å². The molecular weight excluding hydrogens is 389 g/mol. The van der Waals surface area contributed by atoms with Gasteiger partial charge in [0.1, 0.15) is 0 Å². The molecule has 131 valence electrons. The van der Waals surface area contributed by atoms with Crippen LogP contribution >= 0.6 is 0 Å². The molecule has 3 rings (SSSR count). The molecular formula is C24H27Ru. The molecule has 0 nitrogen and oxygen atoms in total. The molecule has 25 heavy (non-hydrogen) atoms. The van der Waals surface area contributed by atoms with Crippen LogP contribution in [0.1, 0.15) is 64.6 Å². The van der Waals surface area contributed by atoms with E-state index in [1.807, 2.05) is 24.3 Å². The summed E-state index contributed by atoms with van der Waals surface area (Å²) in [6.45, 7) is 11.0. The first-order valence-corrected chi connectivity index (χ1v) is 8.78. The molecule has 0 N–H and O–H groups in total. The monoisotopic (exact) mass is 417 g/mol. The summed E-state index contributed by atoms with van der Waals surface area (Å²) < 4.78 is 0. The minimum Gasteiger partial charge on any atom is -0.196 e. The van der Waals surface area contributed by atoms with Crippen LogP contribution in [0.5, 0.6) is 0 Å². The molecule has 2 aromatic carbocycles. The maximum absolute atomic E-state index is 3.19. The maximum atomic E-state index is 3.19. The topological polar surface area (TPSA) is 0 Å². The summed E-state index contributed by atoms with van der Waals surface area (Å²) in [4.78, 5) is 0. The van der Waals surface area contributed by atoms with E-state index in [0.717, 1.165) is 24.0 Å². The number of rotatable bonds is 0. The van der Waals surface area contributed by atoms with Crippen LogP contribution in [0.25, 0.3) is 0 Å². The summed E-state index contributed by atoms with van der Waals surface area (Å²) in [6.07, 6.45) is 4.33. The van der Waals surface area contributed by atoms with Gasteiger partial charge in [-0.3, -0.25) is 0 Å². The Hall–Kier alpha value is -1.69. The Kier molecular flexibility index (Phi) is 8.83. The fraction of sp³-hybridized carbons (Fsp3) is 0.375. The average molecular weight is 417 g/mol. The minimum absolute atomic E-state index is 0. The molecule has 1 radical (unpaired) electrons. The SMILES string of the molecule is C1#Cc2ccccc2C#CCCCC1.Cc1c(C)c(C)[c-](C)c1C.[Ru+]. The zero-order chi connectivity index (χ0) is 17.5. The van der Waals surface area contributed by atoms with Gasteiger partial charge in [-0.1, -0.05) is 70.4 Å². The summed E-state index contributed by atoms with van der Waals surface area (Å²) in [5, 5.41) is 0. The van der Waals surface area contributed by atoms with Gasteiger partial charge in [0, 0.05) is 24.0 Å². The van der Waals surface area contributed by atoms with Crippen molar-refractivity contribution in [3.05, 3.63) is 63.2 Å². The van der Waals surface area contributed by atoms with Gasteiger partial charge in [0.2, 0.25) is 0 Å². The van der Waals surface area contributed by atoms with Crippen LogP contribution in [-0.2, 0) is 19.5 Å². The van der Waals surface area contributed by atoms with Crippen LogP contribution in [0, 0.1) is 58.3 Å². The largest absolute Gasteiger partial charge is 1.00 e. The molecule has 0 heterocycles. The molecule has 1 aliphatic rings. The van der Waals surface area contributed by atoms with Crippen molar-refractivity contribution in [1.29, 1.82) is 0 Å². The molecule has 1 heteroatoms. The Morgan fingerprint density at radius 2 is 1.16 bits per heavy atom. The van der Waals surface area contributed by atoms with Crippen LogP contribution in [0.3, 0.4) is 0 Å². The van der Waals surface area contributed by atoms with E-state index < -0.39 is 0 Å². The van der Waals surface area contributed by atoms with Gasteiger partial charge in [0.15, 0.2) is 0 Å². The zero-order valence-corrected chi connectivity index (χ0v) is 17.7. The molecule has 1 aliphatic carbocycles. The standard InChI is InChI=1S/C14H12.C10H15.Ru/c1-2-4-6-10-14-12-8-7-11-13(14)9-5-3-1;1-6-7(2)9(4)10(5)8(6)3;/h7-8,11-12H,1-4H2;1-5H3;/q;-1;+1. The van der Waals surface area contributed by atoms with Crippen LogP contribution in [0.4, 0.5) is 0 Å². The van der Waals surface area contributed by atoms with Crippen molar-refractivity contribution in [2.45, 2.75) is 60.3 Å². The van der Waals surface area contributed by atoms with Gasteiger partial charge in [-0.2, -0.15) is 27.8 Å². The molecule has 0 fully saturated rings. The number of hydrogen-bond acceptors (Lipinski definition) is 0. The minimum atomic E-state index is 0. The fourth-order valence-electron chi connectivity index (χ4n) is 2.85. The predicted octanol–water partition coefficient (Wildman–Crippen LogP) is 5.91. The van der Waals surface area contributed by atoms with E-state index in [2.05, 4.69) is 58.3 Å². The third-order valence-electron chi connectivity index (χ3n) is 5.04. The summed E-state index contributed by atoms with van der Waals surface area (Å²) >= 11 is 0. The number of fused-ring (bicyclic) bond motifs is 1. The van der Waals surface area contributed by atoms with Crippen LogP contribution in [-0.4, -0.2) is 0 Å². The van der Waals surface area contributed by atoms with E-state index in [0.29, 0.717) is 0 Å². The van der Waals surface area contributed by atoms with Crippen LogP contribution in [0.2, 0.25) is 0 Å². The van der Waals surface area contributed by atoms with E-state index in [1.54, 1.807) is 0 Å². The van der Waals surface area contributed by atoms with Gasteiger partial charge in [-0.25, -0.2) is 0 Å². The van der Waals surface area contributed by atoms with E-state index in [4.69, 9.17) is 0 Å². The van der Waals surface area contributed by atoms with Crippen molar-refractivity contribution in [1.82, 2.24) is 0 Å². The quantitative estimate of drug-likeness (QED) is 0.285. The third-order valence-corrected chi connectivity index (χ3v) is 5.04. The number of hydrogen-bond donors (Lipinski definition) is 0. The van der Waals surface area contributed by atoms with Crippen molar-refractivity contribution in [3.63, 3.8) is 0 Å². The first kappa shape index (κ1) is 21.4. The van der Waals surface area contributed by atoms with Gasteiger partial charge in [-0.15, -0.1) is 0 Å². The van der Waals surface area contributed by atoms with Gasteiger partial charge < -0.3 is 0 Å². The molecule has 0 bridgehead atoms. The second kappa shape index (κ2) is 10.3. The molecule has 2 aromatic rings. The van der Waals surface area contributed by atoms with Crippen LogP contribution in [0.15, 0.2) is 24.3 Å². The maximum Gasteiger partial charge on any atom is 1.00 e. The summed E-state index contributed by atoms with van der Waals surface area (Å²) in [5.74, 6) is 12.7. The predicted molar refractivity (Wildman–Crippen MR) is 104 cm³/mol. The van der Waals surface area contributed by atoms with Gasteiger partial charge in [0.25, 0.3) is 0 Å². The van der Waals surface area contributed by atoms with Crippen molar-refractivity contribution >= 4 is 0 Å². The Bertz CT molecular complexity index is 705. The molecule has 0 atom stereocenters. The normalized spacial score (nSPS) is 12.0. The number of benzene rings is 1. The van der Waals surface area contributed by atoms with Crippen molar-refractivity contribution < 1.29 is 19.5 Å². The zero-order valence-electron chi connectivity index (χ0n) is 16.0. The molecule has 0 spiro atoms. The summed E-state index contributed by atoms with van der Waals surface area (Å²) in [7, 11) is 0. The Balaban J connectivity index is 0.000000254. The second-order valence-electron chi connectivity index (χ2n) is 6.48. The first-order chi connectivity index (χ1) is 11.5. The molecule has 0 saturated carbocycles. The van der Waals surface area contributed by atoms with E-state index in [1.165, 1.54) is 40.7 Å². The molecule has 0 aromatic heterocycles. The summed E-state index contributed by atoms with van der Waals surface area (Å²) in [5.41, 5.74) is 9.48. The van der Waals surface area contributed by atoms with E-state index in [9.17, 15) is 0 Å². The second-order valence-corrected chi connectivity index (χ2v) is 6.48. The van der Waals surface area contributed by atoms with Crippen LogP contribution < -0.4 is 0 Å². The summed E-state index contributed by atoms with van der Waals surface area (Å²) in [6, 6.07) is 8.11.